The number of carbonyl (C=O) groups is 1. The molecule has 0 atom stereocenters. The maximum absolute atomic E-state index is 12.2. The highest BCUT2D eigenvalue weighted by Crippen LogP contribution is 2.41. The van der Waals surface area contributed by atoms with Crippen molar-refractivity contribution in [2.24, 2.45) is 0 Å². The number of ether oxygens (including phenoxy) is 2. The number of rotatable bonds is 10. The van der Waals surface area contributed by atoms with E-state index < -0.39 is 8.07 Å². The van der Waals surface area contributed by atoms with Crippen LogP contribution in [0.3, 0.4) is 0 Å². The van der Waals surface area contributed by atoms with Crippen LogP contribution in [0.2, 0.25) is 30.7 Å². The molecule has 36 heavy (non-hydrogen) atoms. The second-order valence-electron chi connectivity index (χ2n) is 9.61. The lowest BCUT2D eigenvalue weighted by Crippen LogP contribution is -2.23. The normalized spacial score (nSPS) is 11.5. The van der Waals surface area contributed by atoms with E-state index in [0.29, 0.717) is 39.6 Å². The van der Waals surface area contributed by atoms with Crippen LogP contribution < -0.4 is 4.74 Å². The van der Waals surface area contributed by atoms with E-state index in [1.165, 1.54) is 35.9 Å². The molecule has 192 valence electrons. The van der Waals surface area contributed by atoms with Crippen LogP contribution in [-0.4, -0.2) is 72.1 Å². The summed E-state index contributed by atoms with van der Waals surface area (Å²) in [6.45, 7) is 7.65. The molecule has 0 aliphatic rings. The van der Waals surface area contributed by atoms with Gasteiger partial charge in [0, 0.05) is 46.6 Å². The van der Waals surface area contributed by atoms with E-state index in [1.54, 1.807) is 24.9 Å². The zero-order valence-corrected chi connectivity index (χ0v) is 23.8. The van der Waals surface area contributed by atoms with Gasteiger partial charge in [0.25, 0.3) is 0 Å². The van der Waals surface area contributed by atoms with Crippen LogP contribution in [0.25, 0.3) is 22.3 Å². The summed E-state index contributed by atoms with van der Waals surface area (Å²) >= 11 is 7.73. The molecule has 0 radical (unpaired) electrons. The number of fused-ring (bicyclic) bond motifs is 1. The van der Waals surface area contributed by atoms with Gasteiger partial charge < -0.3 is 24.0 Å². The Hall–Kier alpha value is -2.78. The molecule has 0 aliphatic carbocycles. The van der Waals surface area contributed by atoms with Gasteiger partial charge in [-0.1, -0.05) is 43.0 Å². The number of benzene rings is 1. The van der Waals surface area contributed by atoms with Crippen LogP contribution >= 0.6 is 23.4 Å². The molecule has 1 aromatic carbocycles. The SMILES string of the molecule is COc1cc(Cl)c(-c2nc(SCC(=O)N(C)C)nc3c2c(C#N)cn3COCC[Si](C)(C)C)cc1O. The van der Waals surface area contributed by atoms with Crippen LogP contribution in [0.15, 0.2) is 23.5 Å². The molecule has 1 amide bonds. The number of phenols is 1. The predicted molar refractivity (Wildman–Crippen MR) is 144 cm³/mol. The number of nitriles is 1. The molecule has 0 saturated heterocycles. The first kappa shape index (κ1) is 27.8. The topological polar surface area (TPSA) is 114 Å². The quantitative estimate of drug-likeness (QED) is 0.166. The van der Waals surface area contributed by atoms with Gasteiger partial charge in [0.1, 0.15) is 18.4 Å². The van der Waals surface area contributed by atoms with Crippen molar-refractivity contribution in [3.8, 4) is 28.8 Å². The molecular weight excluding hydrogens is 518 g/mol. The van der Waals surface area contributed by atoms with E-state index in [4.69, 9.17) is 21.1 Å². The predicted octanol–water partition coefficient (Wildman–Crippen LogP) is 4.83. The summed E-state index contributed by atoms with van der Waals surface area (Å²) in [6, 6.07) is 6.16. The van der Waals surface area contributed by atoms with E-state index in [2.05, 4.69) is 35.7 Å². The fourth-order valence-electron chi connectivity index (χ4n) is 3.29. The molecule has 0 fully saturated rings. The standard InChI is InChI=1S/C24H30ClN5O4SSi/c1-29(2)20(32)13-35-24-27-22(16-9-18(31)19(33-3)10-17(16)25)21-15(11-26)12-30(23(21)28-24)14-34-7-8-36(4,5)6/h9-10,12,31H,7-8,13-14H2,1-6H3. The molecule has 0 aliphatic heterocycles. The minimum absolute atomic E-state index is 0.0897. The Balaban J connectivity index is 2.14. The average molecular weight is 548 g/mol. The van der Waals surface area contributed by atoms with Crippen molar-refractivity contribution in [2.45, 2.75) is 37.6 Å². The van der Waals surface area contributed by atoms with Gasteiger partial charge in [-0.05, 0) is 12.1 Å². The lowest BCUT2D eigenvalue weighted by molar-refractivity contribution is -0.125. The van der Waals surface area contributed by atoms with Crippen LogP contribution in [0, 0.1) is 11.3 Å². The van der Waals surface area contributed by atoms with Gasteiger partial charge >= 0.3 is 0 Å². The molecule has 0 bridgehead atoms. The first-order valence-electron chi connectivity index (χ1n) is 11.2. The summed E-state index contributed by atoms with van der Waals surface area (Å²) in [5.41, 5.74) is 1.62. The zero-order valence-electron chi connectivity index (χ0n) is 21.3. The van der Waals surface area contributed by atoms with E-state index >= 15 is 0 Å². The fraction of sp³-hybridized carbons (Fsp3) is 0.417. The number of phenolic OH excluding ortho intramolecular Hbond substituents is 1. The van der Waals surface area contributed by atoms with Gasteiger partial charge in [-0.3, -0.25) is 4.79 Å². The highest BCUT2D eigenvalue weighted by atomic mass is 35.5. The van der Waals surface area contributed by atoms with Crippen molar-refractivity contribution in [3.63, 3.8) is 0 Å². The molecule has 0 unspecified atom stereocenters. The third-order valence-corrected chi connectivity index (χ3v) is 8.24. The number of thioether (sulfide) groups is 1. The Morgan fingerprint density at radius 1 is 1.31 bits per heavy atom. The summed E-state index contributed by atoms with van der Waals surface area (Å²) < 4.78 is 12.8. The number of hydrogen-bond donors (Lipinski definition) is 1. The Morgan fingerprint density at radius 2 is 2.03 bits per heavy atom. The van der Waals surface area contributed by atoms with Crippen LogP contribution in [0.1, 0.15) is 5.56 Å². The second kappa shape index (κ2) is 11.5. The number of carbonyl (C=O) groups excluding carboxylic acids is 1. The first-order valence-corrected chi connectivity index (χ1v) is 16.3. The van der Waals surface area contributed by atoms with E-state index in [1.807, 2.05) is 0 Å². The molecule has 2 aromatic heterocycles. The highest BCUT2D eigenvalue weighted by Gasteiger charge is 2.22. The number of methoxy groups -OCH3 is 1. The van der Waals surface area contributed by atoms with Crippen molar-refractivity contribution in [1.29, 1.82) is 5.26 Å². The number of hydrogen-bond acceptors (Lipinski definition) is 8. The van der Waals surface area contributed by atoms with Gasteiger partial charge in [-0.15, -0.1) is 0 Å². The summed E-state index contributed by atoms with van der Waals surface area (Å²) in [4.78, 5) is 23.0. The van der Waals surface area contributed by atoms with Crippen molar-refractivity contribution in [1.82, 2.24) is 19.4 Å². The monoisotopic (exact) mass is 547 g/mol. The Morgan fingerprint density at radius 3 is 2.64 bits per heavy atom. The summed E-state index contributed by atoms with van der Waals surface area (Å²) in [7, 11) is 3.53. The minimum atomic E-state index is -1.26. The number of nitrogens with zero attached hydrogens (tertiary/aromatic N) is 5. The van der Waals surface area contributed by atoms with Gasteiger partial charge in [-0.25, -0.2) is 9.97 Å². The number of aromatic hydroxyl groups is 1. The van der Waals surface area contributed by atoms with Crippen molar-refractivity contribution in [2.75, 3.05) is 33.6 Å². The van der Waals surface area contributed by atoms with E-state index in [0.717, 1.165) is 6.04 Å². The third-order valence-electron chi connectivity index (χ3n) is 5.39. The zero-order chi connectivity index (χ0) is 26.6. The van der Waals surface area contributed by atoms with Crippen LogP contribution in [0.5, 0.6) is 11.5 Å². The van der Waals surface area contributed by atoms with Crippen LogP contribution in [-0.2, 0) is 16.3 Å². The van der Waals surface area contributed by atoms with Gasteiger partial charge in [0.05, 0.1) is 34.5 Å². The smallest absolute Gasteiger partial charge is 0.232 e. The fourth-order valence-corrected chi connectivity index (χ4v) is 5.11. The maximum Gasteiger partial charge on any atom is 0.232 e. The molecule has 0 saturated carbocycles. The third kappa shape index (κ3) is 6.50. The molecule has 9 nitrogen and oxygen atoms in total. The number of aromatic nitrogens is 3. The Bertz CT molecular complexity index is 1320. The van der Waals surface area contributed by atoms with E-state index in [9.17, 15) is 15.2 Å². The molecule has 1 N–H and O–H groups in total. The Kier molecular flexibility index (Phi) is 8.89. The number of amides is 1. The molecule has 0 spiro atoms. The first-order chi connectivity index (χ1) is 16.9. The molecule has 2 heterocycles. The summed E-state index contributed by atoms with van der Waals surface area (Å²) in [5, 5.41) is 21.4. The van der Waals surface area contributed by atoms with Crippen molar-refractivity contribution in [3.05, 3.63) is 28.9 Å². The maximum atomic E-state index is 12.2. The number of halogens is 1. The second-order valence-corrected chi connectivity index (χ2v) is 16.6. The summed E-state index contributed by atoms with van der Waals surface area (Å²) in [6.07, 6.45) is 1.67. The minimum Gasteiger partial charge on any atom is -0.504 e. The molecule has 3 rings (SSSR count). The molecule has 3 aromatic rings. The highest BCUT2D eigenvalue weighted by molar-refractivity contribution is 7.99. The van der Waals surface area contributed by atoms with E-state index in [-0.39, 0.29) is 34.9 Å². The average Bonchev–Trinajstić information content (AvgIpc) is 3.18. The largest absolute Gasteiger partial charge is 0.504 e. The molecular formula is C24H30ClN5O4SSi. The Labute approximate surface area is 221 Å². The van der Waals surface area contributed by atoms with Gasteiger partial charge in [-0.2, -0.15) is 5.26 Å². The van der Waals surface area contributed by atoms with Crippen molar-refractivity contribution >= 4 is 48.4 Å². The lowest BCUT2D eigenvalue weighted by atomic mass is 10.1. The summed E-state index contributed by atoms with van der Waals surface area (Å²) in [5.74, 6) is 0.147. The van der Waals surface area contributed by atoms with Gasteiger partial charge in [0.15, 0.2) is 16.7 Å². The van der Waals surface area contributed by atoms with Crippen LogP contribution in [0.4, 0.5) is 0 Å². The van der Waals surface area contributed by atoms with Gasteiger partial charge in [0.2, 0.25) is 5.91 Å². The molecule has 12 heteroatoms. The van der Waals surface area contributed by atoms with Crippen molar-refractivity contribution < 1.29 is 19.4 Å². The lowest BCUT2D eigenvalue weighted by Gasteiger charge is -2.16.